The number of hydrogen-bond donors (Lipinski definition) is 4. The minimum Gasteiger partial charge on any atom is -0.460 e. The van der Waals surface area contributed by atoms with Crippen LogP contribution in [0.5, 0.6) is 0 Å². The molecule has 0 aromatic rings. The molecule has 2 aliphatic carbocycles. The van der Waals surface area contributed by atoms with Crippen molar-refractivity contribution in [2.45, 2.75) is 193 Å². The second-order valence-electron chi connectivity index (χ2n) is 21.3. The van der Waals surface area contributed by atoms with Crippen LogP contribution in [0.1, 0.15) is 132 Å². The Kier molecular flexibility index (Phi) is 24.0. The number of amides is 1. The number of ketones is 3. The van der Waals surface area contributed by atoms with E-state index in [0.717, 1.165) is 30.6 Å². The van der Waals surface area contributed by atoms with E-state index in [1.54, 1.807) is 65.2 Å². The molecular weight excluding hydrogens is 1000 g/mol. The molecule has 0 aromatic heterocycles. The Hall–Kier alpha value is -3.51. The molecule has 0 aromatic carbocycles. The van der Waals surface area contributed by atoms with E-state index in [2.05, 4.69) is 4.72 Å². The smallest absolute Gasteiger partial charge is 0.328 e. The summed E-state index contributed by atoms with van der Waals surface area (Å²) >= 11 is 0. The van der Waals surface area contributed by atoms with Crippen LogP contribution in [-0.2, 0) is 67.8 Å². The number of nitrogens with zero attached hydrogens (tertiary/aromatic N) is 1. The van der Waals surface area contributed by atoms with E-state index >= 15 is 0 Å². The molecule has 4 aliphatic rings. The van der Waals surface area contributed by atoms with Gasteiger partial charge in [0.1, 0.15) is 30.1 Å². The Morgan fingerprint density at radius 1 is 0.865 bits per heavy atom. The molecule has 1 amide bonds. The van der Waals surface area contributed by atoms with Crippen molar-refractivity contribution in [3.63, 3.8) is 0 Å². The van der Waals surface area contributed by atoms with Crippen LogP contribution in [0, 0.1) is 29.6 Å². The molecule has 3 fully saturated rings. The number of allylic oxidation sites excluding steroid dienone is 6. The zero-order valence-electron chi connectivity index (χ0n) is 45.0. The minimum absolute atomic E-state index is 0.0302. The fourth-order valence-electron chi connectivity index (χ4n) is 9.93. The van der Waals surface area contributed by atoms with E-state index in [0.29, 0.717) is 36.8 Å². The predicted molar refractivity (Wildman–Crippen MR) is 276 cm³/mol. The van der Waals surface area contributed by atoms with E-state index in [4.69, 9.17) is 23.7 Å². The number of nitrogens with one attached hydrogen (secondary N) is 1. The quantitative estimate of drug-likeness (QED) is 0.0804. The maximum absolute atomic E-state index is 14.2. The first-order chi connectivity index (χ1) is 34.6. The standard InChI is InChI=1S/C53H84N2O17S2/c1-32-17-14-12-11-13-15-18-33(2)47(57)49(69-10)48(58)36(5)27-34(3)43(56)31-45(35(4)28-39-20-24-44(46(29-39)68-9)70-40-22-23-40)71-52(61)38(7)55(8)51(60)50(59)53(62)37(6)19-21-41(72-53)30-42(32)54-73(63,64)25-16-26-74(65,66)67/h11-14,17,27,33-35,37-42,44-46,48-49,54,58,62H,15-16,18-26,28-31H2,1-10H3,(H,65,66,67)/b13-11+,14-12+,32-17+,36-27+/t33?,34?,35-,37+,38?,39+,41-,42?,44-,45?,46-,48?,49?,53+/m1/s1. The normalized spacial score (nSPS) is 36.5. The molecule has 74 heavy (non-hydrogen) atoms. The van der Waals surface area contributed by atoms with E-state index < -0.39 is 116 Å². The first kappa shape index (κ1) is 63.0. The lowest BCUT2D eigenvalue weighted by molar-refractivity contribution is -0.263. The zero-order chi connectivity index (χ0) is 55.3. The van der Waals surface area contributed by atoms with Crippen LogP contribution >= 0.6 is 0 Å². The summed E-state index contributed by atoms with van der Waals surface area (Å²) < 4.78 is 90.9. The lowest BCUT2D eigenvalue weighted by Crippen LogP contribution is -2.59. The average Bonchev–Trinajstić information content (AvgIpc) is 4.16. The zero-order valence-corrected chi connectivity index (χ0v) is 46.6. The van der Waals surface area contributed by atoms with Gasteiger partial charge in [-0.15, -0.1) is 0 Å². The van der Waals surface area contributed by atoms with Crippen molar-refractivity contribution in [1.82, 2.24) is 9.62 Å². The molecule has 420 valence electrons. The van der Waals surface area contributed by atoms with Crippen LogP contribution in [0.2, 0.25) is 0 Å². The van der Waals surface area contributed by atoms with Gasteiger partial charge in [-0.05, 0) is 115 Å². The molecule has 4 rings (SSSR count). The van der Waals surface area contributed by atoms with Crippen LogP contribution < -0.4 is 4.72 Å². The molecule has 19 nitrogen and oxygen atoms in total. The number of carbonyl (C=O) groups excluding carboxylic acids is 5. The van der Waals surface area contributed by atoms with E-state index in [-0.39, 0.29) is 67.4 Å². The number of fused-ring (bicyclic) bond motifs is 2. The first-order valence-electron chi connectivity index (χ1n) is 26.1. The number of rotatable bonds is 13. The molecule has 2 aliphatic heterocycles. The Morgan fingerprint density at radius 2 is 1.55 bits per heavy atom. The second kappa shape index (κ2) is 28.2. The highest BCUT2D eigenvalue weighted by Crippen LogP contribution is 2.39. The monoisotopic (exact) mass is 1080 g/mol. The largest absolute Gasteiger partial charge is 0.460 e. The summed E-state index contributed by atoms with van der Waals surface area (Å²) in [6.07, 6.45) is 11.1. The molecule has 4 N–H and O–H groups in total. The molecule has 0 spiro atoms. The van der Waals surface area contributed by atoms with Gasteiger partial charge in [0.25, 0.3) is 21.8 Å². The molecule has 21 heteroatoms. The summed E-state index contributed by atoms with van der Waals surface area (Å²) in [5.74, 6) is -10.8. The Labute approximate surface area is 439 Å². The van der Waals surface area contributed by atoms with Gasteiger partial charge in [-0.3, -0.25) is 23.7 Å². The number of likely N-dealkylation sites (N-methyl/N-ethyl adjacent to an activating group) is 1. The number of cyclic esters (lactones) is 1. The Bertz CT molecular complexity index is 2290. The molecule has 14 atom stereocenters. The van der Waals surface area contributed by atoms with E-state index in [1.165, 1.54) is 28.0 Å². The van der Waals surface area contributed by atoms with Crippen molar-refractivity contribution in [2.75, 3.05) is 32.8 Å². The average molecular weight is 1090 g/mol. The fraction of sp³-hybridized carbons (Fsp3) is 0.755. The van der Waals surface area contributed by atoms with Crippen LogP contribution in [0.4, 0.5) is 0 Å². The Morgan fingerprint density at radius 3 is 2.19 bits per heavy atom. The van der Waals surface area contributed by atoms with Crippen molar-refractivity contribution in [3.8, 4) is 0 Å². The van der Waals surface area contributed by atoms with Crippen molar-refractivity contribution in [1.29, 1.82) is 0 Å². The number of hydrogen-bond acceptors (Lipinski definition) is 16. The number of aliphatic hydroxyl groups excluding tert-OH is 1. The third-order valence-corrected chi connectivity index (χ3v) is 17.5. The van der Waals surface area contributed by atoms with Gasteiger partial charge < -0.3 is 38.8 Å². The molecule has 2 bridgehead atoms. The topological polar surface area (TPSA) is 276 Å². The molecule has 7 unspecified atom stereocenters. The highest BCUT2D eigenvalue weighted by Gasteiger charge is 2.52. The van der Waals surface area contributed by atoms with Crippen molar-refractivity contribution in [3.05, 3.63) is 47.6 Å². The van der Waals surface area contributed by atoms with Crippen LogP contribution in [0.25, 0.3) is 0 Å². The van der Waals surface area contributed by atoms with Crippen LogP contribution in [0.15, 0.2) is 47.6 Å². The van der Waals surface area contributed by atoms with Crippen molar-refractivity contribution < 1.29 is 79.3 Å². The highest BCUT2D eigenvalue weighted by molar-refractivity contribution is 7.89. The number of methoxy groups -OCH3 is 2. The summed E-state index contributed by atoms with van der Waals surface area (Å²) in [5.41, 5.74) is 0.807. The molecular formula is C53H84N2O17S2. The number of sulfonamides is 1. The van der Waals surface area contributed by atoms with E-state index in [9.17, 15) is 55.6 Å². The molecule has 0 radical (unpaired) electrons. The lowest BCUT2D eigenvalue weighted by Gasteiger charge is -2.42. The molecule has 1 saturated heterocycles. The lowest BCUT2D eigenvalue weighted by atomic mass is 9.78. The molecule has 2 heterocycles. The van der Waals surface area contributed by atoms with Crippen LogP contribution in [-0.4, -0.2) is 159 Å². The van der Waals surface area contributed by atoms with Gasteiger partial charge in [-0.1, -0.05) is 69.7 Å². The summed E-state index contributed by atoms with van der Waals surface area (Å²) in [7, 11) is -4.43. The first-order valence-corrected chi connectivity index (χ1v) is 29.4. The van der Waals surface area contributed by atoms with Gasteiger partial charge in [0, 0.05) is 51.5 Å². The third-order valence-electron chi connectivity index (χ3n) is 15.2. The second-order valence-corrected chi connectivity index (χ2v) is 24.7. The SMILES string of the molecule is COC1C(=O)C(C)CC/C=C/C=C/C=C(\C)C(NS(=O)(=O)CCCS(=O)(=O)O)C[C@H]2CC[C@H](C)[C@](O)(O2)C(=O)C(=O)N(C)C(C)C(=O)OC([C@H](C)C[C@@H]2CC[C@@H](OC3CC3)[C@H](OC)C2)CC(=O)C(C)/C=C(\C)C1O. The third kappa shape index (κ3) is 18.6. The van der Waals surface area contributed by atoms with Crippen molar-refractivity contribution >= 4 is 49.4 Å². The van der Waals surface area contributed by atoms with Gasteiger partial charge >= 0.3 is 5.97 Å². The minimum atomic E-state index is -4.44. The van der Waals surface area contributed by atoms with Gasteiger partial charge in [0.05, 0.1) is 35.9 Å². The number of carbonyl (C=O) groups is 5. The number of aliphatic hydroxyl groups is 2. The van der Waals surface area contributed by atoms with Crippen LogP contribution in [0.3, 0.4) is 0 Å². The summed E-state index contributed by atoms with van der Waals surface area (Å²) in [4.78, 5) is 71.0. The van der Waals surface area contributed by atoms with Gasteiger partial charge in [-0.2, -0.15) is 8.42 Å². The predicted octanol–water partition coefficient (Wildman–Crippen LogP) is 5.14. The highest BCUT2D eigenvalue weighted by atomic mass is 32.2. The maximum Gasteiger partial charge on any atom is 0.328 e. The van der Waals surface area contributed by atoms with Gasteiger partial charge in [0.15, 0.2) is 5.78 Å². The molecule has 2 saturated carbocycles. The fourth-order valence-corrected chi connectivity index (χ4v) is 12.0. The van der Waals surface area contributed by atoms with Crippen molar-refractivity contribution in [2.24, 2.45) is 29.6 Å². The number of Topliss-reactive ketones (excluding diaryl/α,β-unsaturated/α-hetero) is 3. The van der Waals surface area contributed by atoms with E-state index in [1.807, 2.05) is 13.0 Å². The number of ether oxygens (including phenoxy) is 5. The Balaban J connectivity index is 1.68. The van der Waals surface area contributed by atoms with Gasteiger partial charge in [-0.25, -0.2) is 17.9 Å². The summed E-state index contributed by atoms with van der Waals surface area (Å²) in [5, 5.41) is 23.4. The summed E-state index contributed by atoms with van der Waals surface area (Å²) in [6.45, 7) is 11.4. The maximum atomic E-state index is 14.2. The number of esters is 1. The van der Waals surface area contributed by atoms with Gasteiger partial charge in [0.2, 0.25) is 15.8 Å². The summed E-state index contributed by atoms with van der Waals surface area (Å²) in [6, 6.07) is -2.41.